The van der Waals surface area contributed by atoms with Gasteiger partial charge in [0.05, 0.1) is 5.69 Å². The quantitative estimate of drug-likeness (QED) is 0.835. The molecule has 6 heteroatoms. The Kier molecular flexibility index (Phi) is 4.09. The van der Waals surface area contributed by atoms with Gasteiger partial charge >= 0.3 is 0 Å². The summed E-state index contributed by atoms with van der Waals surface area (Å²) in [6.07, 6.45) is 1.67. The van der Waals surface area contributed by atoms with Crippen LogP contribution in [0.25, 0.3) is 11.6 Å². The third kappa shape index (κ3) is 2.59. The van der Waals surface area contributed by atoms with Crippen molar-refractivity contribution >= 4 is 0 Å². The van der Waals surface area contributed by atoms with Crippen LogP contribution in [-0.2, 0) is 19.4 Å². The van der Waals surface area contributed by atoms with E-state index in [1.54, 1.807) is 0 Å². The van der Waals surface area contributed by atoms with Gasteiger partial charge < -0.3 is 9.84 Å². The molecular formula is C12H19N5O. The van der Waals surface area contributed by atoms with Crippen LogP contribution in [0.15, 0.2) is 10.6 Å². The number of nitrogens with zero attached hydrogens (tertiary/aromatic N) is 4. The molecule has 0 spiro atoms. The van der Waals surface area contributed by atoms with Crippen molar-refractivity contribution in [2.45, 2.75) is 33.2 Å². The first-order chi connectivity index (χ1) is 8.78. The Hall–Kier alpha value is -1.69. The number of rotatable bonds is 6. The second-order valence-electron chi connectivity index (χ2n) is 4.06. The molecule has 0 aliphatic carbocycles. The summed E-state index contributed by atoms with van der Waals surface area (Å²) in [4.78, 5) is 4.40. The van der Waals surface area contributed by atoms with Crippen molar-refractivity contribution in [2.24, 2.45) is 0 Å². The lowest BCUT2D eigenvalue weighted by Gasteiger charge is -1.98. The summed E-state index contributed by atoms with van der Waals surface area (Å²) in [6, 6.07) is 2.01. The summed E-state index contributed by atoms with van der Waals surface area (Å²) >= 11 is 0. The van der Waals surface area contributed by atoms with Gasteiger partial charge in [-0.2, -0.15) is 10.1 Å². The molecule has 0 aromatic carbocycles. The van der Waals surface area contributed by atoms with Gasteiger partial charge in [-0.1, -0.05) is 12.1 Å². The molecule has 0 fully saturated rings. The fourth-order valence-electron chi connectivity index (χ4n) is 1.75. The molecule has 2 aromatic heterocycles. The van der Waals surface area contributed by atoms with E-state index in [1.807, 2.05) is 24.7 Å². The van der Waals surface area contributed by atoms with Gasteiger partial charge in [0, 0.05) is 19.5 Å². The number of hydrogen-bond acceptors (Lipinski definition) is 5. The Morgan fingerprint density at radius 3 is 2.89 bits per heavy atom. The lowest BCUT2D eigenvalue weighted by atomic mass is 10.3. The Balaban J connectivity index is 2.24. The van der Waals surface area contributed by atoms with Crippen molar-refractivity contribution in [3.63, 3.8) is 0 Å². The van der Waals surface area contributed by atoms with E-state index in [2.05, 4.69) is 27.5 Å². The smallest absolute Gasteiger partial charge is 0.276 e. The molecule has 0 saturated heterocycles. The van der Waals surface area contributed by atoms with E-state index in [9.17, 15) is 0 Å². The molecular weight excluding hydrogens is 230 g/mol. The molecule has 2 aromatic rings. The van der Waals surface area contributed by atoms with E-state index >= 15 is 0 Å². The molecule has 0 atom stereocenters. The minimum absolute atomic E-state index is 0.551. The van der Waals surface area contributed by atoms with Gasteiger partial charge in [-0.3, -0.25) is 4.68 Å². The van der Waals surface area contributed by atoms with Crippen LogP contribution in [-0.4, -0.2) is 33.5 Å². The fraction of sp³-hybridized carbons (Fsp3) is 0.583. The molecule has 18 heavy (non-hydrogen) atoms. The van der Waals surface area contributed by atoms with Crippen LogP contribution in [0.3, 0.4) is 0 Å². The monoisotopic (exact) mass is 249 g/mol. The van der Waals surface area contributed by atoms with Crippen LogP contribution in [0.4, 0.5) is 0 Å². The second kappa shape index (κ2) is 5.77. The number of hydrogen-bond donors (Lipinski definition) is 1. The van der Waals surface area contributed by atoms with E-state index in [0.29, 0.717) is 5.89 Å². The summed E-state index contributed by atoms with van der Waals surface area (Å²) in [7, 11) is 1.90. The SMILES string of the molecule is CCc1cc(-c2nc(CCNC)no2)n(CC)n1. The van der Waals surface area contributed by atoms with Crippen molar-refractivity contribution in [1.29, 1.82) is 0 Å². The lowest BCUT2D eigenvalue weighted by Crippen LogP contribution is -2.11. The number of aryl methyl sites for hydroxylation is 2. The highest BCUT2D eigenvalue weighted by atomic mass is 16.5. The van der Waals surface area contributed by atoms with E-state index in [-0.39, 0.29) is 0 Å². The zero-order chi connectivity index (χ0) is 13.0. The highest BCUT2D eigenvalue weighted by Gasteiger charge is 2.14. The van der Waals surface area contributed by atoms with E-state index in [4.69, 9.17) is 4.52 Å². The van der Waals surface area contributed by atoms with Gasteiger partial charge in [0.15, 0.2) is 5.82 Å². The molecule has 0 amide bonds. The largest absolute Gasteiger partial charge is 0.332 e. The van der Waals surface area contributed by atoms with Gasteiger partial charge in [0.1, 0.15) is 5.69 Å². The molecule has 2 heterocycles. The van der Waals surface area contributed by atoms with Gasteiger partial charge in [0.2, 0.25) is 0 Å². The van der Waals surface area contributed by atoms with Crippen LogP contribution < -0.4 is 5.32 Å². The zero-order valence-electron chi connectivity index (χ0n) is 11.1. The van der Waals surface area contributed by atoms with Crippen LogP contribution in [0.1, 0.15) is 25.4 Å². The van der Waals surface area contributed by atoms with E-state index in [1.165, 1.54) is 0 Å². The van der Waals surface area contributed by atoms with Gasteiger partial charge in [-0.25, -0.2) is 0 Å². The molecule has 0 bridgehead atoms. The molecule has 6 nitrogen and oxygen atoms in total. The molecule has 1 N–H and O–H groups in total. The maximum absolute atomic E-state index is 5.30. The third-order valence-corrected chi connectivity index (χ3v) is 2.78. The van der Waals surface area contributed by atoms with Crippen molar-refractivity contribution in [3.8, 4) is 11.6 Å². The normalized spacial score (nSPS) is 11.1. The van der Waals surface area contributed by atoms with Crippen LogP contribution >= 0.6 is 0 Å². The summed E-state index contributed by atoms with van der Waals surface area (Å²) in [5.41, 5.74) is 1.94. The van der Waals surface area contributed by atoms with Crippen molar-refractivity contribution in [1.82, 2.24) is 25.2 Å². The summed E-state index contributed by atoms with van der Waals surface area (Å²) in [5, 5.41) is 11.5. The van der Waals surface area contributed by atoms with Crippen LogP contribution in [0.5, 0.6) is 0 Å². The first kappa shape index (κ1) is 12.8. The summed E-state index contributed by atoms with van der Waals surface area (Å²) in [6.45, 7) is 5.77. The molecule has 0 unspecified atom stereocenters. The molecule has 2 rings (SSSR count). The molecule has 0 saturated carbocycles. The van der Waals surface area contributed by atoms with Crippen LogP contribution in [0, 0.1) is 0 Å². The minimum atomic E-state index is 0.551. The summed E-state index contributed by atoms with van der Waals surface area (Å²) < 4.78 is 7.20. The predicted molar refractivity (Wildman–Crippen MR) is 68.2 cm³/mol. The number of likely N-dealkylation sites (N-methyl/N-ethyl adjacent to an activating group) is 1. The van der Waals surface area contributed by atoms with Crippen molar-refractivity contribution in [2.75, 3.05) is 13.6 Å². The van der Waals surface area contributed by atoms with E-state index in [0.717, 1.165) is 43.1 Å². The van der Waals surface area contributed by atoms with Gasteiger partial charge in [-0.05, 0) is 26.5 Å². The Bertz CT molecular complexity index is 502. The average Bonchev–Trinajstić information content (AvgIpc) is 3.02. The number of aromatic nitrogens is 4. The van der Waals surface area contributed by atoms with Gasteiger partial charge in [-0.15, -0.1) is 0 Å². The van der Waals surface area contributed by atoms with Gasteiger partial charge in [0.25, 0.3) is 5.89 Å². The van der Waals surface area contributed by atoms with Crippen molar-refractivity contribution < 1.29 is 4.52 Å². The minimum Gasteiger partial charge on any atom is -0.332 e. The maximum Gasteiger partial charge on any atom is 0.276 e. The molecule has 0 aliphatic heterocycles. The summed E-state index contributed by atoms with van der Waals surface area (Å²) in [5.74, 6) is 1.27. The predicted octanol–water partition coefficient (Wildman–Crippen LogP) is 1.28. The number of nitrogens with one attached hydrogen (secondary N) is 1. The Morgan fingerprint density at radius 1 is 1.39 bits per heavy atom. The zero-order valence-corrected chi connectivity index (χ0v) is 11.1. The topological polar surface area (TPSA) is 68.8 Å². The highest BCUT2D eigenvalue weighted by Crippen LogP contribution is 2.19. The van der Waals surface area contributed by atoms with Crippen LogP contribution in [0.2, 0.25) is 0 Å². The third-order valence-electron chi connectivity index (χ3n) is 2.78. The first-order valence-corrected chi connectivity index (χ1v) is 6.32. The first-order valence-electron chi connectivity index (χ1n) is 6.32. The fourth-order valence-corrected chi connectivity index (χ4v) is 1.75. The van der Waals surface area contributed by atoms with Crippen molar-refractivity contribution in [3.05, 3.63) is 17.6 Å². The highest BCUT2D eigenvalue weighted by molar-refractivity contribution is 5.48. The lowest BCUT2D eigenvalue weighted by molar-refractivity contribution is 0.417. The second-order valence-corrected chi connectivity index (χ2v) is 4.06. The molecule has 98 valence electrons. The Morgan fingerprint density at radius 2 is 2.22 bits per heavy atom. The average molecular weight is 249 g/mol. The molecule has 0 radical (unpaired) electrons. The molecule has 0 aliphatic rings. The van der Waals surface area contributed by atoms with E-state index < -0.39 is 0 Å². The maximum atomic E-state index is 5.30. The standard InChI is InChI=1S/C12H19N5O/c1-4-9-8-10(17(5-2)15-9)12-14-11(16-18-12)6-7-13-3/h8,13H,4-7H2,1-3H3. The Labute approximate surface area is 106 Å².